The molecule has 0 spiro atoms. The zero-order chi connectivity index (χ0) is 12.8. The van der Waals surface area contributed by atoms with Gasteiger partial charge in [0, 0.05) is 0 Å². The van der Waals surface area contributed by atoms with E-state index in [1.54, 1.807) is 24.3 Å². The Hall–Kier alpha value is -0.870. The molecule has 0 unspecified atom stereocenters. The largest absolute Gasteiger partial charge is 0.297 e. The predicted molar refractivity (Wildman–Crippen MR) is 68.8 cm³/mol. The van der Waals surface area contributed by atoms with Gasteiger partial charge in [-0.25, -0.2) is 0 Å². The standard InChI is InChI=1S/C14H18O3S/c1-11-2-4-13(5-3-11)18(15,16)17-14-8-6-12(10-14)7-9-14/h2-5,12H,6-10H2,1H3. The number of rotatable bonds is 3. The van der Waals surface area contributed by atoms with Crippen molar-refractivity contribution in [1.29, 1.82) is 0 Å². The molecule has 0 radical (unpaired) electrons. The fourth-order valence-corrected chi connectivity index (χ4v) is 4.51. The highest BCUT2D eigenvalue weighted by Gasteiger charge is 2.48. The van der Waals surface area contributed by atoms with Crippen LogP contribution >= 0.6 is 0 Å². The normalized spacial score (nSPS) is 30.8. The van der Waals surface area contributed by atoms with Crippen molar-refractivity contribution in [3.05, 3.63) is 29.8 Å². The SMILES string of the molecule is Cc1ccc(S(=O)(=O)OC23CCC(CC2)C3)cc1. The minimum absolute atomic E-state index is 0.276. The summed E-state index contributed by atoms with van der Waals surface area (Å²) in [5.74, 6) is 0.679. The Kier molecular flexibility index (Phi) is 2.75. The molecule has 0 amide bonds. The smallest absolute Gasteiger partial charge is 0.260 e. The topological polar surface area (TPSA) is 43.4 Å². The number of aryl methyl sites for hydroxylation is 1. The summed E-state index contributed by atoms with van der Waals surface area (Å²) in [6.07, 6.45) is 4.93. The molecule has 2 fully saturated rings. The molecule has 0 aliphatic heterocycles. The van der Waals surface area contributed by atoms with Crippen molar-refractivity contribution in [3.8, 4) is 0 Å². The first-order valence-electron chi connectivity index (χ1n) is 6.52. The van der Waals surface area contributed by atoms with E-state index in [9.17, 15) is 8.42 Å². The molecule has 2 aliphatic carbocycles. The molecule has 2 saturated carbocycles. The van der Waals surface area contributed by atoms with Gasteiger partial charge in [-0.3, -0.25) is 4.18 Å². The van der Waals surface area contributed by atoms with Gasteiger partial charge < -0.3 is 0 Å². The Bertz CT molecular complexity index is 537. The monoisotopic (exact) mass is 266 g/mol. The van der Waals surface area contributed by atoms with Gasteiger partial charge in [0.05, 0.1) is 10.5 Å². The van der Waals surface area contributed by atoms with Gasteiger partial charge >= 0.3 is 0 Å². The molecule has 3 nitrogen and oxygen atoms in total. The molecule has 3 rings (SSSR count). The van der Waals surface area contributed by atoms with E-state index in [4.69, 9.17) is 4.18 Å². The van der Waals surface area contributed by atoms with Crippen molar-refractivity contribution in [3.63, 3.8) is 0 Å². The third kappa shape index (κ3) is 2.08. The lowest BCUT2D eigenvalue weighted by molar-refractivity contribution is 0.0883. The van der Waals surface area contributed by atoms with E-state index in [0.717, 1.165) is 37.7 Å². The molecule has 0 heterocycles. The maximum atomic E-state index is 12.3. The van der Waals surface area contributed by atoms with Crippen LogP contribution in [0.25, 0.3) is 0 Å². The lowest BCUT2D eigenvalue weighted by Crippen LogP contribution is -2.30. The van der Waals surface area contributed by atoms with Crippen molar-refractivity contribution in [2.45, 2.75) is 49.5 Å². The van der Waals surface area contributed by atoms with Crippen molar-refractivity contribution in [2.75, 3.05) is 0 Å². The Morgan fingerprint density at radius 1 is 1.17 bits per heavy atom. The molecule has 4 heteroatoms. The maximum Gasteiger partial charge on any atom is 0.297 e. The van der Waals surface area contributed by atoms with Crippen molar-refractivity contribution in [2.24, 2.45) is 5.92 Å². The van der Waals surface area contributed by atoms with Gasteiger partial charge in [-0.05, 0) is 57.1 Å². The first-order valence-corrected chi connectivity index (χ1v) is 7.92. The van der Waals surface area contributed by atoms with E-state index in [1.165, 1.54) is 0 Å². The summed E-state index contributed by atoms with van der Waals surface area (Å²) in [5, 5.41) is 0. The van der Waals surface area contributed by atoms with E-state index >= 15 is 0 Å². The molecule has 18 heavy (non-hydrogen) atoms. The Morgan fingerprint density at radius 2 is 1.78 bits per heavy atom. The number of fused-ring (bicyclic) bond motifs is 2. The molecule has 0 saturated heterocycles. The summed E-state index contributed by atoms with van der Waals surface area (Å²) >= 11 is 0. The van der Waals surface area contributed by atoms with Gasteiger partial charge in [-0.1, -0.05) is 17.7 Å². The summed E-state index contributed by atoms with van der Waals surface area (Å²) in [6, 6.07) is 6.87. The summed E-state index contributed by atoms with van der Waals surface area (Å²) in [7, 11) is -3.60. The molecule has 1 aromatic carbocycles. The second-order valence-corrected chi connectivity index (χ2v) is 7.23. The Balaban J connectivity index is 1.85. The second-order valence-electron chi connectivity index (χ2n) is 5.68. The Labute approximate surface area is 108 Å². The van der Waals surface area contributed by atoms with Crippen LogP contribution in [0.15, 0.2) is 29.2 Å². The van der Waals surface area contributed by atoms with Crippen LogP contribution in [0.1, 0.15) is 37.7 Å². The number of benzene rings is 1. The van der Waals surface area contributed by atoms with Crippen LogP contribution in [0.5, 0.6) is 0 Å². The highest BCUT2D eigenvalue weighted by molar-refractivity contribution is 7.86. The summed E-state index contributed by atoms with van der Waals surface area (Å²) in [4.78, 5) is 0.276. The summed E-state index contributed by atoms with van der Waals surface area (Å²) in [5.41, 5.74) is 0.655. The van der Waals surface area contributed by atoms with Gasteiger partial charge in [0.25, 0.3) is 10.1 Å². The fraction of sp³-hybridized carbons (Fsp3) is 0.571. The number of hydrogen-bond donors (Lipinski definition) is 0. The molecule has 2 bridgehead atoms. The van der Waals surface area contributed by atoms with Gasteiger partial charge in [0.1, 0.15) is 0 Å². The lowest BCUT2D eigenvalue weighted by atomic mass is 9.98. The van der Waals surface area contributed by atoms with E-state index in [2.05, 4.69) is 0 Å². The Morgan fingerprint density at radius 3 is 2.28 bits per heavy atom. The average molecular weight is 266 g/mol. The molecule has 0 atom stereocenters. The minimum atomic E-state index is -3.60. The average Bonchev–Trinajstić information content (AvgIpc) is 2.88. The predicted octanol–water partition coefficient (Wildman–Crippen LogP) is 3.03. The van der Waals surface area contributed by atoms with Crippen LogP contribution in [-0.2, 0) is 14.3 Å². The van der Waals surface area contributed by atoms with Crippen molar-refractivity contribution < 1.29 is 12.6 Å². The van der Waals surface area contributed by atoms with Gasteiger partial charge in [-0.15, -0.1) is 0 Å². The van der Waals surface area contributed by atoms with Gasteiger partial charge in [0.15, 0.2) is 0 Å². The van der Waals surface area contributed by atoms with Crippen LogP contribution in [0.4, 0.5) is 0 Å². The molecular weight excluding hydrogens is 248 g/mol. The highest BCUT2D eigenvalue weighted by atomic mass is 32.2. The van der Waals surface area contributed by atoms with E-state index in [1.807, 2.05) is 6.92 Å². The minimum Gasteiger partial charge on any atom is -0.260 e. The van der Waals surface area contributed by atoms with Crippen LogP contribution in [0.3, 0.4) is 0 Å². The summed E-state index contributed by atoms with van der Waals surface area (Å²) in [6.45, 7) is 1.94. The van der Waals surface area contributed by atoms with Gasteiger partial charge in [-0.2, -0.15) is 8.42 Å². The molecule has 1 aromatic rings. The van der Waals surface area contributed by atoms with E-state index in [-0.39, 0.29) is 4.90 Å². The third-order valence-corrected chi connectivity index (χ3v) is 5.70. The van der Waals surface area contributed by atoms with Crippen LogP contribution in [0, 0.1) is 12.8 Å². The molecular formula is C14H18O3S. The highest BCUT2D eigenvalue weighted by Crippen LogP contribution is 2.51. The van der Waals surface area contributed by atoms with Crippen molar-refractivity contribution >= 4 is 10.1 Å². The first-order chi connectivity index (χ1) is 8.49. The molecule has 98 valence electrons. The maximum absolute atomic E-state index is 12.3. The lowest BCUT2D eigenvalue weighted by Gasteiger charge is -2.25. The quantitative estimate of drug-likeness (QED) is 0.790. The second kappa shape index (κ2) is 4.07. The van der Waals surface area contributed by atoms with Crippen LogP contribution < -0.4 is 0 Å². The third-order valence-electron chi connectivity index (χ3n) is 4.27. The molecule has 0 aromatic heterocycles. The zero-order valence-electron chi connectivity index (χ0n) is 10.6. The molecule has 2 aliphatic rings. The van der Waals surface area contributed by atoms with E-state index in [0.29, 0.717) is 5.92 Å². The molecule has 0 N–H and O–H groups in total. The summed E-state index contributed by atoms with van der Waals surface area (Å²) < 4.78 is 30.1. The number of hydrogen-bond acceptors (Lipinski definition) is 3. The van der Waals surface area contributed by atoms with Crippen LogP contribution in [-0.4, -0.2) is 14.0 Å². The van der Waals surface area contributed by atoms with Crippen LogP contribution in [0.2, 0.25) is 0 Å². The zero-order valence-corrected chi connectivity index (χ0v) is 11.4. The fourth-order valence-electron chi connectivity index (χ4n) is 3.24. The van der Waals surface area contributed by atoms with E-state index < -0.39 is 15.7 Å². The van der Waals surface area contributed by atoms with Crippen molar-refractivity contribution in [1.82, 2.24) is 0 Å². The van der Waals surface area contributed by atoms with Gasteiger partial charge in [0.2, 0.25) is 0 Å². The first kappa shape index (κ1) is 12.2.